The van der Waals surface area contributed by atoms with Gasteiger partial charge in [-0.15, -0.1) is 0 Å². The Morgan fingerprint density at radius 1 is 1.29 bits per heavy atom. The van der Waals surface area contributed by atoms with Crippen LogP contribution in [0.25, 0.3) is 0 Å². The highest BCUT2D eigenvalue weighted by Crippen LogP contribution is 2.27. The van der Waals surface area contributed by atoms with Crippen LogP contribution in [0.15, 0.2) is 0 Å². The van der Waals surface area contributed by atoms with Crippen molar-refractivity contribution in [1.29, 1.82) is 0 Å². The van der Waals surface area contributed by atoms with Crippen molar-refractivity contribution in [1.82, 2.24) is 15.1 Å². The number of carbonyl (C=O) groups excluding carboxylic acids is 1. The molecule has 1 saturated heterocycles. The zero-order valence-corrected chi connectivity index (χ0v) is 14.3. The number of ether oxygens (including phenoxy) is 1. The highest BCUT2D eigenvalue weighted by molar-refractivity contribution is 5.86. The Hall–Kier alpha value is -0.650. The van der Waals surface area contributed by atoms with E-state index in [9.17, 15) is 4.79 Å². The second-order valence-corrected chi connectivity index (χ2v) is 6.30. The molecule has 1 amide bonds. The molecule has 21 heavy (non-hydrogen) atoms. The molecule has 0 spiro atoms. The van der Waals surface area contributed by atoms with Crippen LogP contribution in [0.3, 0.4) is 0 Å². The molecule has 1 aliphatic heterocycles. The largest absolute Gasteiger partial charge is 0.383 e. The van der Waals surface area contributed by atoms with Crippen LogP contribution in [-0.4, -0.2) is 75.2 Å². The highest BCUT2D eigenvalue weighted by Gasteiger charge is 2.42. The van der Waals surface area contributed by atoms with Crippen molar-refractivity contribution in [2.75, 3.05) is 54.0 Å². The third-order valence-corrected chi connectivity index (χ3v) is 4.22. The van der Waals surface area contributed by atoms with Crippen LogP contribution in [-0.2, 0) is 9.53 Å². The van der Waals surface area contributed by atoms with Crippen molar-refractivity contribution >= 4 is 5.91 Å². The van der Waals surface area contributed by atoms with Gasteiger partial charge in [-0.05, 0) is 52.9 Å². The van der Waals surface area contributed by atoms with Gasteiger partial charge in [0.15, 0.2) is 0 Å². The fourth-order valence-electron chi connectivity index (χ4n) is 3.13. The molecule has 124 valence electrons. The number of rotatable bonds is 10. The molecule has 1 atom stereocenters. The maximum Gasteiger partial charge on any atom is 0.242 e. The highest BCUT2D eigenvalue weighted by atomic mass is 16.5. The van der Waals surface area contributed by atoms with Gasteiger partial charge in [0.2, 0.25) is 5.91 Å². The molecule has 0 bridgehead atoms. The Balaban J connectivity index is 2.67. The van der Waals surface area contributed by atoms with Crippen LogP contribution in [0, 0.1) is 0 Å². The predicted octanol–water partition coefficient (Wildman–Crippen LogP) is 1.34. The van der Waals surface area contributed by atoms with E-state index in [1.165, 1.54) is 0 Å². The maximum atomic E-state index is 13.0. The summed E-state index contributed by atoms with van der Waals surface area (Å²) >= 11 is 0. The molecule has 0 aromatic heterocycles. The standard InChI is InChI=1S/C16H33N3O2/c1-5-8-16(9-6-10-17-16)15(20)19(13-14-21-4)12-7-11-18(2)3/h17H,5-14H2,1-4H3. The molecule has 1 N–H and O–H groups in total. The SMILES string of the molecule is CCCC1(C(=O)N(CCCN(C)C)CCOC)CCCN1. The predicted molar refractivity (Wildman–Crippen MR) is 86.5 cm³/mol. The maximum absolute atomic E-state index is 13.0. The Kier molecular flexibility index (Phi) is 8.22. The Morgan fingerprint density at radius 2 is 2.05 bits per heavy atom. The van der Waals surface area contributed by atoms with Gasteiger partial charge in [-0.25, -0.2) is 0 Å². The summed E-state index contributed by atoms with van der Waals surface area (Å²) in [4.78, 5) is 17.2. The zero-order chi connectivity index (χ0) is 15.7. The summed E-state index contributed by atoms with van der Waals surface area (Å²) in [5.74, 6) is 0.276. The van der Waals surface area contributed by atoms with Gasteiger partial charge in [-0.1, -0.05) is 13.3 Å². The lowest BCUT2D eigenvalue weighted by atomic mass is 9.90. The summed E-state index contributed by atoms with van der Waals surface area (Å²) in [5, 5.41) is 3.48. The van der Waals surface area contributed by atoms with Gasteiger partial charge >= 0.3 is 0 Å². The minimum atomic E-state index is -0.319. The van der Waals surface area contributed by atoms with Crippen molar-refractivity contribution in [2.24, 2.45) is 0 Å². The number of hydrogen-bond acceptors (Lipinski definition) is 4. The van der Waals surface area contributed by atoms with Crippen molar-refractivity contribution in [3.63, 3.8) is 0 Å². The lowest BCUT2D eigenvalue weighted by Crippen LogP contribution is -2.55. The summed E-state index contributed by atoms with van der Waals surface area (Å²) < 4.78 is 5.18. The number of methoxy groups -OCH3 is 1. The number of nitrogens with one attached hydrogen (secondary N) is 1. The molecule has 1 aliphatic rings. The second-order valence-electron chi connectivity index (χ2n) is 6.30. The van der Waals surface area contributed by atoms with Crippen LogP contribution < -0.4 is 5.32 Å². The van der Waals surface area contributed by atoms with Crippen LogP contribution in [0.2, 0.25) is 0 Å². The van der Waals surface area contributed by atoms with E-state index in [0.29, 0.717) is 13.2 Å². The number of nitrogens with zero attached hydrogens (tertiary/aromatic N) is 2. The van der Waals surface area contributed by atoms with Crippen molar-refractivity contribution in [3.05, 3.63) is 0 Å². The third-order valence-electron chi connectivity index (χ3n) is 4.22. The van der Waals surface area contributed by atoms with Crippen molar-refractivity contribution in [2.45, 2.75) is 44.6 Å². The molecule has 5 nitrogen and oxygen atoms in total. The monoisotopic (exact) mass is 299 g/mol. The van der Waals surface area contributed by atoms with Gasteiger partial charge in [-0.2, -0.15) is 0 Å². The molecule has 1 heterocycles. The van der Waals surface area contributed by atoms with Crippen LogP contribution in [0.5, 0.6) is 0 Å². The van der Waals surface area contributed by atoms with E-state index in [2.05, 4.69) is 31.2 Å². The van der Waals surface area contributed by atoms with Crippen LogP contribution >= 0.6 is 0 Å². The van der Waals surface area contributed by atoms with E-state index in [-0.39, 0.29) is 11.4 Å². The molecule has 0 aromatic carbocycles. The zero-order valence-electron chi connectivity index (χ0n) is 14.3. The molecule has 1 unspecified atom stereocenters. The summed E-state index contributed by atoms with van der Waals surface area (Å²) in [6.07, 6.45) is 5.04. The Morgan fingerprint density at radius 3 is 2.57 bits per heavy atom. The van der Waals surface area contributed by atoms with Gasteiger partial charge in [0.25, 0.3) is 0 Å². The minimum absolute atomic E-state index is 0.276. The molecular weight excluding hydrogens is 266 g/mol. The van der Waals surface area contributed by atoms with E-state index in [0.717, 1.165) is 51.7 Å². The summed E-state index contributed by atoms with van der Waals surface area (Å²) in [5.41, 5.74) is -0.319. The fraction of sp³-hybridized carbons (Fsp3) is 0.938. The third kappa shape index (κ3) is 5.57. The summed E-state index contributed by atoms with van der Waals surface area (Å²) in [6, 6.07) is 0. The van der Waals surface area contributed by atoms with Crippen LogP contribution in [0.1, 0.15) is 39.0 Å². The number of amides is 1. The lowest BCUT2D eigenvalue weighted by molar-refractivity contribution is -0.139. The van der Waals surface area contributed by atoms with Crippen molar-refractivity contribution in [3.8, 4) is 0 Å². The van der Waals surface area contributed by atoms with Gasteiger partial charge in [-0.3, -0.25) is 4.79 Å². The smallest absolute Gasteiger partial charge is 0.242 e. The van der Waals surface area contributed by atoms with E-state index in [4.69, 9.17) is 4.74 Å². The van der Waals surface area contributed by atoms with Gasteiger partial charge in [0, 0.05) is 20.2 Å². The molecule has 5 heteroatoms. The van der Waals surface area contributed by atoms with Crippen LogP contribution in [0.4, 0.5) is 0 Å². The normalized spacial score (nSPS) is 22.0. The summed E-state index contributed by atoms with van der Waals surface area (Å²) in [6.45, 7) is 6.23. The molecule has 0 radical (unpaired) electrons. The van der Waals surface area contributed by atoms with E-state index >= 15 is 0 Å². The van der Waals surface area contributed by atoms with Gasteiger partial charge in [0.05, 0.1) is 12.1 Å². The van der Waals surface area contributed by atoms with Crippen molar-refractivity contribution < 1.29 is 9.53 Å². The van der Waals surface area contributed by atoms with E-state index in [1.807, 2.05) is 4.90 Å². The first-order chi connectivity index (χ1) is 10.1. The first kappa shape index (κ1) is 18.4. The molecule has 0 saturated carbocycles. The van der Waals surface area contributed by atoms with Gasteiger partial charge < -0.3 is 19.9 Å². The lowest BCUT2D eigenvalue weighted by Gasteiger charge is -2.35. The number of hydrogen-bond donors (Lipinski definition) is 1. The average Bonchev–Trinajstić information content (AvgIpc) is 2.91. The molecule has 0 aromatic rings. The molecule has 1 rings (SSSR count). The quantitative estimate of drug-likeness (QED) is 0.661. The second kappa shape index (κ2) is 9.38. The Labute approximate surface area is 130 Å². The minimum Gasteiger partial charge on any atom is -0.383 e. The fourth-order valence-corrected chi connectivity index (χ4v) is 3.13. The molecule has 0 aliphatic carbocycles. The van der Waals surface area contributed by atoms with Gasteiger partial charge in [0.1, 0.15) is 0 Å². The first-order valence-corrected chi connectivity index (χ1v) is 8.24. The molecule has 1 fully saturated rings. The first-order valence-electron chi connectivity index (χ1n) is 8.24. The average molecular weight is 299 g/mol. The molecular formula is C16H33N3O2. The topological polar surface area (TPSA) is 44.8 Å². The summed E-state index contributed by atoms with van der Waals surface area (Å²) in [7, 11) is 5.83. The van der Waals surface area contributed by atoms with E-state index in [1.54, 1.807) is 7.11 Å². The number of carbonyl (C=O) groups is 1. The Bertz CT molecular complexity index is 302. The van der Waals surface area contributed by atoms with E-state index < -0.39 is 0 Å².